The van der Waals surface area contributed by atoms with Gasteiger partial charge in [-0.25, -0.2) is 0 Å². The lowest BCUT2D eigenvalue weighted by Crippen LogP contribution is -2.23. The highest BCUT2D eigenvalue weighted by atomic mass is 16.5. The topological polar surface area (TPSA) is 30.5 Å². The first-order valence-corrected chi connectivity index (χ1v) is 7.08. The van der Waals surface area contributed by atoms with E-state index in [0.29, 0.717) is 18.4 Å². The Hall–Kier alpha value is -1.22. The van der Waals surface area contributed by atoms with Crippen LogP contribution in [0, 0.1) is 11.8 Å². The lowest BCUT2D eigenvalue weighted by molar-refractivity contribution is 0.310. The lowest BCUT2D eigenvalue weighted by Gasteiger charge is -2.16. The van der Waals surface area contributed by atoms with Crippen LogP contribution in [-0.4, -0.2) is 20.3 Å². The van der Waals surface area contributed by atoms with Crippen LogP contribution in [0.2, 0.25) is 0 Å². The van der Waals surface area contributed by atoms with Crippen molar-refractivity contribution in [2.75, 3.05) is 20.3 Å². The number of ether oxygens (including phenoxy) is 2. The van der Waals surface area contributed by atoms with Crippen LogP contribution in [0.15, 0.2) is 18.2 Å². The van der Waals surface area contributed by atoms with Gasteiger partial charge in [-0.2, -0.15) is 0 Å². The molecule has 0 aliphatic heterocycles. The molecule has 0 saturated heterocycles. The van der Waals surface area contributed by atoms with E-state index in [9.17, 15) is 0 Å². The summed E-state index contributed by atoms with van der Waals surface area (Å²) in [4.78, 5) is 0. The highest BCUT2D eigenvalue weighted by molar-refractivity contribution is 5.42. The monoisotopic (exact) mass is 265 g/mol. The van der Waals surface area contributed by atoms with E-state index in [0.717, 1.165) is 24.6 Å². The summed E-state index contributed by atoms with van der Waals surface area (Å²) < 4.78 is 10.9. The van der Waals surface area contributed by atoms with Gasteiger partial charge < -0.3 is 14.8 Å². The van der Waals surface area contributed by atoms with Crippen LogP contribution in [0.1, 0.15) is 33.3 Å². The predicted molar refractivity (Wildman–Crippen MR) is 79.9 cm³/mol. The van der Waals surface area contributed by atoms with Crippen molar-refractivity contribution >= 4 is 0 Å². The Morgan fingerprint density at radius 3 is 2.47 bits per heavy atom. The average Bonchev–Trinajstić information content (AvgIpc) is 2.40. The Morgan fingerprint density at radius 1 is 1.16 bits per heavy atom. The minimum atomic E-state index is 0.653. The zero-order valence-electron chi connectivity index (χ0n) is 12.8. The van der Waals surface area contributed by atoms with Gasteiger partial charge in [-0.05, 0) is 43.0 Å². The van der Waals surface area contributed by atoms with Gasteiger partial charge in [0.05, 0.1) is 13.7 Å². The Bertz CT molecular complexity index is 377. The molecule has 1 aromatic rings. The highest BCUT2D eigenvalue weighted by Crippen LogP contribution is 2.27. The zero-order valence-corrected chi connectivity index (χ0v) is 12.8. The van der Waals surface area contributed by atoms with E-state index < -0.39 is 0 Å². The van der Waals surface area contributed by atoms with Gasteiger partial charge in [-0.15, -0.1) is 0 Å². The summed E-state index contributed by atoms with van der Waals surface area (Å²) in [5, 5.41) is 3.49. The van der Waals surface area contributed by atoms with Crippen molar-refractivity contribution in [1.82, 2.24) is 5.32 Å². The van der Waals surface area contributed by atoms with Crippen LogP contribution in [0.5, 0.6) is 11.5 Å². The molecule has 108 valence electrons. The summed E-state index contributed by atoms with van der Waals surface area (Å²) in [6.45, 7) is 11.3. The molecule has 3 nitrogen and oxygen atoms in total. The molecule has 0 radical (unpaired) electrons. The molecule has 0 amide bonds. The van der Waals surface area contributed by atoms with Gasteiger partial charge in [0.2, 0.25) is 0 Å². The molecule has 0 heterocycles. The fourth-order valence-corrected chi connectivity index (χ4v) is 1.78. The van der Waals surface area contributed by atoms with Gasteiger partial charge in [0.25, 0.3) is 0 Å². The van der Waals surface area contributed by atoms with Crippen LogP contribution in [0.3, 0.4) is 0 Å². The average molecular weight is 265 g/mol. The molecule has 0 aromatic heterocycles. The quantitative estimate of drug-likeness (QED) is 0.780. The van der Waals surface area contributed by atoms with E-state index >= 15 is 0 Å². The van der Waals surface area contributed by atoms with Gasteiger partial charge in [-0.1, -0.05) is 26.8 Å². The standard InChI is InChI=1S/C16H27NO2/c1-6-19-15-8-7-14(9-16(15)18-5)11-17-10-13(4)12(2)3/h7-9,12-13,17H,6,10-11H2,1-5H3. The third kappa shape index (κ3) is 5.11. The smallest absolute Gasteiger partial charge is 0.161 e. The largest absolute Gasteiger partial charge is 0.493 e. The second-order valence-corrected chi connectivity index (χ2v) is 5.27. The second kappa shape index (κ2) is 8.05. The highest BCUT2D eigenvalue weighted by Gasteiger charge is 2.08. The Kier molecular flexibility index (Phi) is 6.71. The molecule has 3 heteroatoms. The molecule has 1 unspecified atom stereocenters. The van der Waals surface area contributed by atoms with Crippen molar-refractivity contribution in [1.29, 1.82) is 0 Å². The number of hydrogen-bond acceptors (Lipinski definition) is 3. The molecular formula is C16H27NO2. The van der Waals surface area contributed by atoms with Crippen molar-refractivity contribution in [2.45, 2.75) is 34.2 Å². The van der Waals surface area contributed by atoms with Crippen molar-refractivity contribution in [3.63, 3.8) is 0 Å². The third-order valence-corrected chi connectivity index (χ3v) is 3.46. The zero-order chi connectivity index (χ0) is 14.3. The molecule has 0 fully saturated rings. The number of rotatable bonds is 8. The van der Waals surface area contributed by atoms with Crippen molar-refractivity contribution in [3.8, 4) is 11.5 Å². The van der Waals surface area contributed by atoms with Crippen LogP contribution < -0.4 is 14.8 Å². The van der Waals surface area contributed by atoms with E-state index in [1.165, 1.54) is 5.56 Å². The first-order chi connectivity index (χ1) is 9.08. The summed E-state index contributed by atoms with van der Waals surface area (Å²) >= 11 is 0. The molecule has 0 spiro atoms. The normalized spacial score (nSPS) is 12.5. The Morgan fingerprint density at radius 2 is 1.89 bits per heavy atom. The predicted octanol–water partition coefficient (Wildman–Crippen LogP) is 3.48. The minimum absolute atomic E-state index is 0.653. The van der Waals surface area contributed by atoms with E-state index in [1.807, 2.05) is 19.1 Å². The Balaban J connectivity index is 2.55. The molecule has 1 aromatic carbocycles. The Labute approximate surface area is 117 Å². The van der Waals surface area contributed by atoms with E-state index in [1.54, 1.807) is 7.11 Å². The number of hydrogen-bond donors (Lipinski definition) is 1. The molecule has 19 heavy (non-hydrogen) atoms. The van der Waals surface area contributed by atoms with E-state index in [-0.39, 0.29) is 0 Å². The number of benzene rings is 1. The van der Waals surface area contributed by atoms with Gasteiger partial charge in [0.15, 0.2) is 11.5 Å². The minimum Gasteiger partial charge on any atom is -0.493 e. The van der Waals surface area contributed by atoms with Gasteiger partial charge in [-0.3, -0.25) is 0 Å². The molecule has 1 atom stereocenters. The van der Waals surface area contributed by atoms with Crippen LogP contribution in [-0.2, 0) is 6.54 Å². The molecule has 1 rings (SSSR count). The maximum Gasteiger partial charge on any atom is 0.161 e. The summed E-state index contributed by atoms with van der Waals surface area (Å²) in [6.07, 6.45) is 0. The maximum atomic E-state index is 5.51. The first-order valence-electron chi connectivity index (χ1n) is 7.08. The molecule has 1 N–H and O–H groups in total. The lowest BCUT2D eigenvalue weighted by atomic mass is 9.98. The fraction of sp³-hybridized carbons (Fsp3) is 0.625. The van der Waals surface area contributed by atoms with E-state index in [4.69, 9.17) is 9.47 Å². The summed E-state index contributed by atoms with van der Waals surface area (Å²) in [6, 6.07) is 6.10. The summed E-state index contributed by atoms with van der Waals surface area (Å²) in [5.74, 6) is 3.01. The van der Waals surface area contributed by atoms with Crippen molar-refractivity contribution in [2.24, 2.45) is 11.8 Å². The summed E-state index contributed by atoms with van der Waals surface area (Å²) in [5.41, 5.74) is 1.22. The van der Waals surface area contributed by atoms with Gasteiger partial charge >= 0.3 is 0 Å². The molecule has 0 saturated carbocycles. The number of methoxy groups -OCH3 is 1. The van der Waals surface area contributed by atoms with Gasteiger partial charge in [0.1, 0.15) is 0 Å². The third-order valence-electron chi connectivity index (χ3n) is 3.46. The maximum absolute atomic E-state index is 5.51. The second-order valence-electron chi connectivity index (χ2n) is 5.27. The molecule has 0 bridgehead atoms. The molecular weight excluding hydrogens is 238 g/mol. The SMILES string of the molecule is CCOc1ccc(CNCC(C)C(C)C)cc1OC. The number of nitrogens with one attached hydrogen (secondary N) is 1. The van der Waals surface area contributed by atoms with Crippen LogP contribution in [0.25, 0.3) is 0 Å². The summed E-state index contributed by atoms with van der Waals surface area (Å²) in [7, 11) is 1.68. The van der Waals surface area contributed by atoms with Gasteiger partial charge in [0, 0.05) is 6.54 Å². The van der Waals surface area contributed by atoms with Crippen molar-refractivity contribution in [3.05, 3.63) is 23.8 Å². The van der Waals surface area contributed by atoms with Crippen LogP contribution >= 0.6 is 0 Å². The first kappa shape index (κ1) is 15.8. The fourth-order valence-electron chi connectivity index (χ4n) is 1.78. The van der Waals surface area contributed by atoms with Crippen LogP contribution in [0.4, 0.5) is 0 Å². The van der Waals surface area contributed by atoms with E-state index in [2.05, 4.69) is 32.2 Å². The van der Waals surface area contributed by atoms with Crippen molar-refractivity contribution < 1.29 is 9.47 Å². The molecule has 0 aliphatic rings. The molecule has 0 aliphatic carbocycles.